The molecular formula is C22H25FN4O3S. The van der Waals surface area contributed by atoms with Gasteiger partial charge in [0.2, 0.25) is 5.91 Å². The summed E-state index contributed by atoms with van der Waals surface area (Å²) >= 11 is 1.33. The van der Waals surface area contributed by atoms with E-state index in [0.717, 1.165) is 31.6 Å². The normalized spacial score (nSPS) is 14.4. The van der Waals surface area contributed by atoms with E-state index in [1.165, 1.54) is 28.0 Å². The van der Waals surface area contributed by atoms with Gasteiger partial charge in [-0.15, -0.1) is 11.3 Å². The van der Waals surface area contributed by atoms with Gasteiger partial charge < -0.3 is 14.8 Å². The molecule has 0 spiro atoms. The van der Waals surface area contributed by atoms with E-state index in [0.29, 0.717) is 42.7 Å². The Morgan fingerprint density at radius 3 is 2.48 bits per heavy atom. The summed E-state index contributed by atoms with van der Waals surface area (Å²) in [6, 6.07) is 8.16. The van der Waals surface area contributed by atoms with E-state index < -0.39 is 0 Å². The summed E-state index contributed by atoms with van der Waals surface area (Å²) in [5.41, 5.74) is 0.927. The molecule has 1 aromatic carbocycles. The second-order valence-corrected chi connectivity index (χ2v) is 8.62. The van der Waals surface area contributed by atoms with Crippen LogP contribution in [0, 0.1) is 5.82 Å². The van der Waals surface area contributed by atoms with Crippen LogP contribution in [0.5, 0.6) is 0 Å². The molecule has 0 radical (unpaired) electrons. The number of rotatable bonds is 7. The second-order valence-electron chi connectivity index (χ2n) is 7.71. The monoisotopic (exact) mass is 444 g/mol. The number of amides is 1. The fraction of sp³-hybridized carbons (Fsp3) is 0.409. The van der Waals surface area contributed by atoms with Crippen molar-refractivity contribution < 1.29 is 9.18 Å². The Bertz CT molecular complexity index is 1160. The molecule has 164 valence electrons. The van der Waals surface area contributed by atoms with Gasteiger partial charge >= 0.3 is 5.69 Å². The van der Waals surface area contributed by atoms with Crippen LogP contribution in [0.3, 0.4) is 0 Å². The molecule has 0 unspecified atom stereocenters. The highest BCUT2D eigenvalue weighted by atomic mass is 32.1. The zero-order valence-corrected chi connectivity index (χ0v) is 18.0. The van der Waals surface area contributed by atoms with Crippen molar-refractivity contribution in [3.8, 4) is 0 Å². The van der Waals surface area contributed by atoms with Crippen molar-refractivity contribution in [2.45, 2.75) is 32.2 Å². The van der Waals surface area contributed by atoms with Crippen LogP contribution < -0.4 is 16.1 Å². The van der Waals surface area contributed by atoms with Crippen LogP contribution in [0.15, 0.2) is 45.3 Å². The van der Waals surface area contributed by atoms with Gasteiger partial charge in [0.05, 0.1) is 5.52 Å². The molecule has 1 aliphatic rings. The molecule has 4 rings (SSSR count). The Hall–Kier alpha value is -2.94. The minimum atomic E-state index is -0.383. The number of fused-ring (bicyclic) bond motifs is 1. The summed E-state index contributed by atoms with van der Waals surface area (Å²) in [5.74, 6) is -0.118. The molecule has 31 heavy (non-hydrogen) atoms. The second kappa shape index (κ2) is 9.47. The lowest BCUT2D eigenvalue weighted by atomic mass is 10.1. The molecule has 0 bridgehead atoms. The molecule has 0 aliphatic carbocycles. The van der Waals surface area contributed by atoms with E-state index in [1.54, 1.807) is 23.6 Å². The van der Waals surface area contributed by atoms with Crippen LogP contribution in [0.25, 0.3) is 10.2 Å². The van der Waals surface area contributed by atoms with Crippen LogP contribution in [0.1, 0.15) is 25.7 Å². The van der Waals surface area contributed by atoms with Gasteiger partial charge in [0, 0.05) is 44.8 Å². The predicted octanol–water partition coefficient (Wildman–Crippen LogP) is 2.80. The number of carbonyl (C=O) groups is 1. The lowest BCUT2D eigenvalue weighted by Gasteiger charge is -2.36. The molecule has 3 aromatic rings. The summed E-state index contributed by atoms with van der Waals surface area (Å²) in [5, 5.41) is 1.79. The van der Waals surface area contributed by atoms with Crippen LogP contribution >= 0.6 is 11.3 Å². The third-order valence-electron chi connectivity index (χ3n) is 5.69. The zero-order valence-electron chi connectivity index (χ0n) is 17.2. The molecule has 1 amide bonds. The van der Waals surface area contributed by atoms with Gasteiger partial charge in [-0.25, -0.2) is 9.18 Å². The number of carbonyl (C=O) groups excluding carboxylic acids is 1. The summed E-state index contributed by atoms with van der Waals surface area (Å²) < 4.78 is 14.9. The fourth-order valence-corrected chi connectivity index (χ4v) is 4.72. The third kappa shape index (κ3) is 4.87. The maximum atomic E-state index is 13.1. The number of thiophene rings is 1. The number of hydrogen-bond donors (Lipinski definition) is 1. The molecule has 3 heterocycles. The summed E-state index contributed by atoms with van der Waals surface area (Å²) in [4.78, 5) is 43.8. The number of H-pyrrole nitrogens is 1. The maximum absolute atomic E-state index is 13.1. The number of nitrogens with one attached hydrogen (secondary N) is 1. The quantitative estimate of drug-likeness (QED) is 0.569. The highest BCUT2D eigenvalue weighted by molar-refractivity contribution is 7.17. The highest BCUT2D eigenvalue weighted by Crippen LogP contribution is 2.17. The van der Waals surface area contributed by atoms with Gasteiger partial charge in [-0.05, 0) is 48.6 Å². The molecule has 2 aromatic heterocycles. The number of piperazine rings is 1. The minimum Gasteiger partial charge on any atom is -0.368 e. The number of benzene rings is 1. The van der Waals surface area contributed by atoms with Gasteiger partial charge in [-0.2, -0.15) is 0 Å². The highest BCUT2D eigenvalue weighted by Gasteiger charge is 2.21. The number of hydrogen-bond acceptors (Lipinski definition) is 5. The predicted molar refractivity (Wildman–Crippen MR) is 120 cm³/mol. The van der Waals surface area contributed by atoms with Crippen LogP contribution in [-0.4, -0.2) is 46.5 Å². The molecule has 1 fully saturated rings. The van der Waals surface area contributed by atoms with Gasteiger partial charge in [0.25, 0.3) is 5.56 Å². The van der Waals surface area contributed by atoms with E-state index in [9.17, 15) is 18.8 Å². The lowest BCUT2D eigenvalue weighted by molar-refractivity contribution is -0.131. The first-order valence-corrected chi connectivity index (χ1v) is 11.4. The first-order chi connectivity index (χ1) is 15.0. The van der Waals surface area contributed by atoms with Crippen molar-refractivity contribution in [2.75, 3.05) is 31.1 Å². The van der Waals surface area contributed by atoms with Crippen LogP contribution in [0.2, 0.25) is 0 Å². The lowest BCUT2D eigenvalue weighted by Crippen LogP contribution is -2.48. The van der Waals surface area contributed by atoms with Gasteiger partial charge in [0.15, 0.2) is 0 Å². The molecule has 1 aliphatic heterocycles. The molecule has 9 heteroatoms. The molecule has 0 atom stereocenters. The van der Waals surface area contributed by atoms with Crippen molar-refractivity contribution >= 4 is 33.1 Å². The topological polar surface area (TPSA) is 78.4 Å². The van der Waals surface area contributed by atoms with Gasteiger partial charge in [-0.3, -0.25) is 14.2 Å². The number of aromatic amines is 1. The van der Waals surface area contributed by atoms with Crippen LogP contribution in [-0.2, 0) is 11.3 Å². The molecular weight excluding hydrogens is 419 g/mol. The average molecular weight is 445 g/mol. The first kappa shape index (κ1) is 21.3. The first-order valence-electron chi connectivity index (χ1n) is 10.5. The number of halogens is 1. The summed E-state index contributed by atoms with van der Waals surface area (Å²) in [6.45, 7) is 3.12. The standard InChI is InChI=1S/C22H25FN4O3S/c23-16-5-7-17(8-6-16)25-11-13-26(14-12-25)19(28)4-2-1-3-10-27-21(29)20-18(9-15-31-20)24-22(27)30/h5-9,15H,1-4,10-14H2,(H,24,30). The number of aromatic nitrogens is 2. The number of nitrogens with zero attached hydrogens (tertiary/aromatic N) is 3. The van der Waals surface area contributed by atoms with E-state index >= 15 is 0 Å². The smallest absolute Gasteiger partial charge is 0.328 e. The van der Waals surface area contributed by atoms with Crippen molar-refractivity contribution in [1.29, 1.82) is 0 Å². The van der Waals surface area contributed by atoms with Crippen molar-refractivity contribution in [3.63, 3.8) is 0 Å². The van der Waals surface area contributed by atoms with Crippen molar-refractivity contribution in [1.82, 2.24) is 14.5 Å². The molecule has 7 nitrogen and oxygen atoms in total. The molecule has 0 saturated carbocycles. The molecule has 1 saturated heterocycles. The average Bonchev–Trinajstić information content (AvgIpc) is 3.24. The van der Waals surface area contributed by atoms with E-state index in [2.05, 4.69) is 9.88 Å². The minimum absolute atomic E-state index is 0.133. The maximum Gasteiger partial charge on any atom is 0.328 e. The van der Waals surface area contributed by atoms with Crippen molar-refractivity contribution in [2.24, 2.45) is 0 Å². The third-order valence-corrected chi connectivity index (χ3v) is 6.59. The Morgan fingerprint density at radius 1 is 1.00 bits per heavy atom. The van der Waals surface area contributed by atoms with Gasteiger partial charge in [0.1, 0.15) is 10.5 Å². The zero-order chi connectivity index (χ0) is 21.8. The molecule has 1 N–H and O–H groups in total. The Morgan fingerprint density at radius 2 is 1.74 bits per heavy atom. The van der Waals surface area contributed by atoms with E-state index in [4.69, 9.17) is 0 Å². The van der Waals surface area contributed by atoms with Crippen LogP contribution in [0.4, 0.5) is 10.1 Å². The van der Waals surface area contributed by atoms with E-state index in [-0.39, 0.29) is 23.0 Å². The van der Waals surface area contributed by atoms with E-state index in [1.807, 2.05) is 4.90 Å². The summed E-state index contributed by atoms with van der Waals surface area (Å²) in [7, 11) is 0. The summed E-state index contributed by atoms with van der Waals surface area (Å²) in [6.07, 6.45) is 2.64. The Kier molecular flexibility index (Phi) is 6.50. The Balaban J connectivity index is 1.19. The fourth-order valence-electron chi connectivity index (χ4n) is 3.92. The number of anilines is 1. The Labute approximate surface area is 182 Å². The largest absolute Gasteiger partial charge is 0.368 e. The van der Waals surface area contributed by atoms with Crippen molar-refractivity contribution in [3.05, 3.63) is 62.4 Å². The van der Waals surface area contributed by atoms with Gasteiger partial charge in [-0.1, -0.05) is 6.42 Å². The number of unbranched alkanes of at least 4 members (excludes halogenated alkanes) is 2. The SMILES string of the molecule is O=C(CCCCCn1c(=O)[nH]c2ccsc2c1=O)N1CCN(c2ccc(F)cc2)CC1.